The molecule has 1 saturated heterocycles. The number of nitrogens with zero attached hydrogens (tertiary/aromatic N) is 1. The molecule has 0 atom stereocenters. The smallest absolute Gasteiger partial charge is 0.119 e. The normalized spacial score (nSPS) is 17.9. The molecule has 3 nitrogen and oxygen atoms in total. The Morgan fingerprint density at radius 2 is 1.84 bits per heavy atom. The molecular formula is C16H26N2O. The standard InChI is InChI=1S/C16H26N2O/c1-13(2)19-16-6-4-14(5-7-16)12-17-15-8-10-18(3)11-9-15/h4-7,13,15,17H,8-12H2,1-3H3. The Labute approximate surface area is 116 Å². The van der Waals surface area contributed by atoms with Crippen LogP contribution >= 0.6 is 0 Å². The lowest BCUT2D eigenvalue weighted by Gasteiger charge is -2.29. The van der Waals surface area contributed by atoms with Crippen LogP contribution in [-0.4, -0.2) is 37.2 Å². The van der Waals surface area contributed by atoms with E-state index in [2.05, 4.69) is 55.4 Å². The third-order valence-electron chi connectivity index (χ3n) is 3.61. The zero-order valence-electron chi connectivity index (χ0n) is 12.4. The summed E-state index contributed by atoms with van der Waals surface area (Å²) in [4.78, 5) is 2.40. The van der Waals surface area contributed by atoms with Crippen LogP contribution in [0.4, 0.5) is 0 Å². The Morgan fingerprint density at radius 3 is 2.42 bits per heavy atom. The Balaban J connectivity index is 1.76. The molecule has 1 heterocycles. The molecule has 0 aliphatic carbocycles. The topological polar surface area (TPSA) is 24.5 Å². The first kappa shape index (κ1) is 14.4. The fourth-order valence-electron chi connectivity index (χ4n) is 2.43. The van der Waals surface area contributed by atoms with Gasteiger partial charge in [-0.25, -0.2) is 0 Å². The van der Waals surface area contributed by atoms with Crippen molar-refractivity contribution in [1.82, 2.24) is 10.2 Å². The molecule has 106 valence electrons. The van der Waals surface area contributed by atoms with Crippen molar-refractivity contribution < 1.29 is 4.74 Å². The Morgan fingerprint density at radius 1 is 1.21 bits per heavy atom. The molecule has 0 bridgehead atoms. The van der Waals surface area contributed by atoms with Crippen molar-refractivity contribution in [2.24, 2.45) is 0 Å². The average Bonchev–Trinajstić information content (AvgIpc) is 2.39. The molecule has 0 radical (unpaired) electrons. The maximum Gasteiger partial charge on any atom is 0.119 e. The van der Waals surface area contributed by atoms with E-state index in [1.54, 1.807) is 0 Å². The summed E-state index contributed by atoms with van der Waals surface area (Å²) in [5.41, 5.74) is 1.33. The predicted octanol–water partition coefficient (Wildman–Crippen LogP) is 2.66. The van der Waals surface area contributed by atoms with E-state index in [0.717, 1.165) is 12.3 Å². The summed E-state index contributed by atoms with van der Waals surface area (Å²) < 4.78 is 5.65. The molecule has 0 saturated carbocycles. The number of likely N-dealkylation sites (tertiary alicyclic amines) is 1. The average molecular weight is 262 g/mol. The molecule has 0 spiro atoms. The van der Waals surface area contributed by atoms with Crippen LogP contribution in [0.25, 0.3) is 0 Å². The van der Waals surface area contributed by atoms with Crippen molar-refractivity contribution in [1.29, 1.82) is 0 Å². The molecule has 3 heteroatoms. The van der Waals surface area contributed by atoms with Crippen molar-refractivity contribution >= 4 is 0 Å². The maximum atomic E-state index is 5.65. The van der Waals surface area contributed by atoms with Gasteiger partial charge in [0.2, 0.25) is 0 Å². The fourth-order valence-corrected chi connectivity index (χ4v) is 2.43. The number of benzene rings is 1. The molecule has 0 aromatic heterocycles. The van der Waals surface area contributed by atoms with E-state index in [1.807, 2.05) is 0 Å². The van der Waals surface area contributed by atoms with Gasteiger partial charge < -0.3 is 15.0 Å². The van der Waals surface area contributed by atoms with Crippen LogP contribution < -0.4 is 10.1 Å². The molecule has 1 N–H and O–H groups in total. The van der Waals surface area contributed by atoms with E-state index in [9.17, 15) is 0 Å². The van der Waals surface area contributed by atoms with Crippen molar-refractivity contribution in [3.63, 3.8) is 0 Å². The quantitative estimate of drug-likeness (QED) is 0.883. The van der Waals surface area contributed by atoms with Gasteiger partial charge in [0.05, 0.1) is 6.10 Å². The molecule has 0 amide bonds. The SMILES string of the molecule is CC(C)Oc1ccc(CNC2CCN(C)CC2)cc1. The largest absolute Gasteiger partial charge is 0.491 e. The van der Waals surface area contributed by atoms with Crippen molar-refractivity contribution in [3.05, 3.63) is 29.8 Å². The number of ether oxygens (including phenoxy) is 1. The Kier molecular flexibility index (Phi) is 5.23. The monoisotopic (exact) mass is 262 g/mol. The van der Waals surface area contributed by atoms with Gasteiger partial charge in [-0.2, -0.15) is 0 Å². The minimum Gasteiger partial charge on any atom is -0.491 e. The zero-order chi connectivity index (χ0) is 13.7. The van der Waals surface area contributed by atoms with Gasteiger partial charge >= 0.3 is 0 Å². The van der Waals surface area contributed by atoms with Gasteiger partial charge in [-0.1, -0.05) is 12.1 Å². The van der Waals surface area contributed by atoms with Crippen LogP contribution in [0.3, 0.4) is 0 Å². The van der Waals surface area contributed by atoms with Crippen LogP contribution in [0.1, 0.15) is 32.3 Å². The summed E-state index contributed by atoms with van der Waals surface area (Å²) in [5, 5.41) is 3.65. The first-order valence-corrected chi connectivity index (χ1v) is 7.31. The van der Waals surface area contributed by atoms with Crippen LogP contribution in [0, 0.1) is 0 Å². The Hall–Kier alpha value is -1.06. The highest BCUT2D eigenvalue weighted by molar-refractivity contribution is 5.27. The second-order valence-corrected chi connectivity index (χ2v) is 5.77. The molecule has 2 rings (SSSR count). The van der Waals surface area contributed by atoms with E-state index >= 15 is 0 Å². The summed E-state index contributed by atoms with van der Waals surface area (Å²) in [6.45, 7) is 7.47. The minimum atomic E-state index is 0.239. The molecule has 19 heavy (non-hydrogen) atoms. The third-order valence-corrected chi connectivity index (χ3v) is 3.61. The van der Waals surface area contributed by atoms with Crippen LogP contribution in [-0.2, 0) is 6.54 Å². The molecule has 0 unspecified atom stereocenters. The molecular weight excluding hydrogens is 236 g/mol. The first-order chi connectivity index (χ1) is 9.13. The van der Waals surface area contributed by atoms with Gasteiger partial charge in [0.15, 0.2) is 0 Å². The lowest BCUT2D eigenvalue weighted by Crippen LogP contribution is -2.40. The van der Waals surface area contributed by atoms with Crippen molar-refractivity contribution in [2.75, 3.05) is 20.1 Å². The van der Waals surface area contributed by atoms with Gasteiger partial charge in [-0.15, -0.1) is 0 Å². The van der Waals surface area contributed by atoms with E-state index < -0.39 is 0 Å². The van der Waals surface area contributed by atoms with Crippen LogP contribution in [0.5, 0.6) is 5.75 Å². The predicted molar refractivity (Wildman–Crippen MR) is 79.6 cm³/mol. The molecule has 1 aliphatic heterocycles. The summed E-state index contributed by atoms with van der Waals surface area (Å²) in [6.07, 6.45) is 2.75. The lowest BCUT2D eigenvalue weighted by atomic mass is 10.1. The maximum absolute atomic E-state index is 5.65. The van der Waals surface area contributed by atoms with Crippen molar-refractivity contribution in [2.45, 2.75) is 45.4 Å². The minimum absolute atomic E-state index is 0.239. The van der Waals surface area contributed by atoms with Crippen LogP contribution in [0.2, 0.25) is 0 Å². The van der Waals surface area contributed by atoms with Gasteiger partial charge in [0.1, 0.15) is 5.75 Å². The van der Waals surface area contributed by atoms with Gasteiger partial charge in [-0.3, -0.25) is 0 Å². The number of rotatable bonds is 5. The highest BCUT2D eigenvalue weighted by Crippen LogP contribution is 2.14. The zero-order valence-corrected chi connectivity index (χ0v) is 12.4. The molecule has 1 aromatic carbocycles. The van der Waals surface area contributed by atoms with Gasteiger partial charge in [0, 0.05) is 12.6 Å². The second kappa shape index (κ2) is 6.92. The number of nitrogens with one attached hydrogen (secondary N) is 1. The second-order valence-electron chi connectivity index (χ2n) is 5.77. The molecule has 1 fully saturated rings. The summed E-state index contributed by atoms with van der Waals surface area (Å²) in [6, 6.07) is 9.10. The Bertz CT molecular complexity index is 367. The van der Waals surface area contributed by atoms with Crippen molar-refractivity contribution in [3.8, 4) is 5.75 Å². The van der Waals surface area contributed by atoms with E-state index in [0.29, 0.717) is 6.04 Å². The number of hydrogen-bond donors (Lipinski definition) is 1. The van der Waals surface area contributed by atoms with Gasteiger partial charge in [-0.05, 0) is 64.5 Å². The number of piperidine rings is 1. The van der Waals surface area contributed by atoms with E-state index in [-0.39, 0.29) is 6.10 Å². The first-order valence-electron chi connectivity index (χ1n) is 7.31. The highest BCUT2D eigenvalue weighted by atomic mass is 16.5. The fraction of sp³-hybridized carbons (Fsp3) is 0.625. The van der Waals surface area contributed by atoms with Gasteiger partial charge in [0.25, 0.3) is 0 Å². The van der Waals surface area contributed by atoms with Crippen LogP contribution in [0.15, 0.2) is 24.3 Å². The molecule has 1 aromatic rings. The lowest BCUT2D eigenvalue weighted by molar-refractivity contribution is 0.234. The van der Waals surface area contributed by atoms with E-state index in [1.165, 1.54) is 31.5 Å². The molecule has 1 aliphatic rings. The van der Waals surface area contributed by atoms with E-state index in [4.69, 9.17) is 4.74 Å². The summed E-state index contributed by atoms with van der Waals surface area (Å²) in [7, 11) is 2.20. The third kappa shape index (κ3) is 4.84. The highest BCUT2D eigenvalue weighted by Gasteiger charge is 2.15. The summed E-state index contributed by atoms with van der Waals surface area (Å²) >= 11 is 0. The summed E-state index contributed by atoms with van der Waals surface area (Å²) in [5.74, 6) is 0.957. The number of hydrogen-bond acceptors (Lipinski definition) is 3.